The van der Waals surface area contributed by atoms with Gasteiger partial charge < -0.3 is 14.6 Å². The molecule has 4 nitrogen and oxygen atoms in total. The molecular formula is C20H14Br2ClNO3. The molecule has 0 aliphatic rings. The number of ether oxygens (including phenoxy) is 2. The minimum atomic E-state index is 0.0130. The summed E-state index contributed by atoms with van der Waals surface area (Å²) in [6, 6.07) is 16.1. The average Bonchev–Trinajstić information content (AvgIpc) is 2.67. The normalized spacial score (nSPS) is 11.0. The smallest absolute Gasteiger partial charge is 0.167 e. The summed E-state index contributed by atoms with van der Waals surface area (Å²) in [5, 5.41) is 11.0. The largest absolute Gasteiger partial charge is 0.504 e. The first-order valence-electron chi connectivity index (χ1n) is 7.80. The van der Waals surface area contributed by atoms with Gasteiger partial charge in [-0.05, 0) is 86.5 Å². The molecule has 0 aliphatic heterocycles. The van der Waals surface area contributed by atoms with Gasteiger partial charge in [0, 0.05) is 20.2 Å². The summed E-state index contributed by atoms with van der Waals surface area (Å²) in [6.07, 6.45) is 1.57. The number of halogens is 3. The Morgan fingerprint density at radius 3 is 2.19 bits per heavy atom. The number of aromatic hydroxyl groups is 1. The molecule has 0 saturated heterocycles. The summed E-state index contributed by atoms with van der Waals surface area (Å²) in [5.74, 6) is 1.76. The Morgan fingerprint density at radius 1 is 1.00 bits per heavy atom. The number of rotatable bonds is 5. The van der Waals surface area contributed by atoms with Crippen molar-refractivity contribution < 1.29 is 14.6 Å². The van der Waals surface area contributed by atoms with Crippen LogP contribution in [0.4, 0.5) is 5.69 Å². The lowest BCUT2D eigenvalue weighted by molar-refractivity contribution is 0.372. The van der Waals surface area contributed by atoms with Gasteiger partial charge in [-0.2, -0.15) is 0 Å². The molecule has 0 aromatic heterocycles. The highest BCUT2D eigenvalue weighted by Gasteiger charge is 2.14. The second-order valence-corrected chi connectivity index (χ2v) is 7.53. The Labute approximate surface area is 178 Å². The molecule has 1 N–H and O–H groups in total. The fourth-order valence-corrected chi connectivity index (χ4v) is 3.22. The van der Waals surface area contributed by atoms with Crippen LogP contribution in [0.2, 0.25) is 5.02 Å². The van der Waals surface area contributed by atoms with Crippen molar-refractivity contribution in [3.63, 3.8) is 0 Å². The molecular weight excluding hydrogens is 497 g/mol. The predicted octanol–water partition coefficient (Wildman–Crippen LogP) is 7.12. The minimum Gasteiger partial charge on any atom is -0.504 e. The maximum absolute atomic E-state index is 10.3. The summed E-state index contributed by atoms with van der Waals surface area (Å²) in [4.78, 5) is 4.41. The zero-order chi connectivity index (χ0) is 19.4. The Balaban J connectivity index is 1.79. The molecule has 0 saturated carbocycles. The van der Waals surface area contributed by atoms with Gasteiger partial charge in [0.2, 0.25) is 0 Å². The molecule has 3 rings (SSSR count). The third kappa shape index (κ3) is 4.83. The molecule has 0 spiro atoms. The standard InChI is InChI=1S/C20H14Br2ClNO3/c1-26-18-10-17(21)19(22)16(20(18)25)11-24-13-4-8-15(9-5-13)27-14-6-2-12(23)3-7-14/h2-11,25H,1H3. The fourth-order valence-electron chi connectivity index (χ4n) is 2.26. The molecule has 138 valence electrons. The summed E-state index contributed by atoms with van der Waals surface area (Å²) < 4.78 is 12.4. The highest BCUT2D eigenvalue weighted by atomic mass is 79.9. The lowest BCUT2D eigenvalue weighted by atomic mass is 10.2. The molecule has 3 aromatic carbocycles. The van der Waals surface area contributed by atoms with E-state index in [1.807, 2.05) is 24.3 Å². The number of hydrogen-bond donors (Lipinski definition) is 1. The van der Waals surface area contributed by atoms with Gasteiger partial charge in [0.05, 0.1) is 18.4 Å². The first kappa shape index (κ1) is 19.7. The molecule has 0 atom stereocenters. The van der Waals surface area contributed by atoms with Crippen LogP contribution in [0.25, 0.3) is 0 Å². The second kappa shape index (κ2) is 8.78. The molecule has 0 bridgehead atoms. The summed E-state index contributed by atoms with van der Waals surface area (Å²) in [6.45, 7) is 0. The van der Waals surface area contributed by atoms with E-state index < -0.39 is 0 Å². The third-order valence-electron chi connectivity index (χ3n) is 3.64. The van der Waals surface area contributed by atoms with Crippen molar-refractivity contribution >= 4 is 55.4 Å². The van der Waals surface area contributed by atoms with Crippen molar-refractivity contribution in [3.8, 4) is 23.0 Å². The van der Waals surface area contributed by atoms with Crippen molar-refractivity contribution in [3.05, 3.63) is 74.1 Å². The maximum Gasteiger partial charge on any atom is 0.167 e. The van der Waals surface area contributed by atoms with Crippen molar-refractivity contribution in [2.45, 2.75) is 0 Å². The van der Waals surface area contributed by atoms with Crippen LogP contribution in [0, 0.1) is 0 Å². The van der Waals surface area contributed by atoms with Gasteiger partial charge in [-0.1, -0.05) is 11.6 Å². The van der Waals surface area contributed by atoms with E-state index >= 15 is 0 Å². The Hall–Kier alpha value is -2.02. The van der Waals surface area contributed by atoms with E-state index in [4.69, 9.17) is 21.1 Å². The first-order valence-corrected chi connectivity index (χ1v) is 9.77. The first-order chi connectivity index (χ1) is 13.0. The third-order valence-corrected chi connectivity index (χ3v) is 5.90. The minimum absolute atomic E-state index is 0.0130. The Bertz CT molecular complexity index is 974. The lowest BCUT2D eigenvalue weighted by Crippen LogP contribution is -1.91. The predicted molar refractivity (Wildman–Crippen MR) is 115 cm³/mol. The van der Waals surface area contributed by atoms with Gasteiger partial charge >= 0.3 is 0 Å². The monoisotopic (exact) mass is 509 g/mol. The quantitative estimate of drug-likeness (QED) is 0.371. The van der Waals surface area contributed by atoms with E-state index in [1.165, 1.54) is 7.11 Å². The van der Waals surface area contributed by atoms with Crippen LogP contribution in [-0.2, 0) is 0 Å². The van der Waals surface area contributed by atoms with Gasteiger partial charge in [-0.15, -0.1) is 0 Å². The van der Waals surface area contributed by atoms with E-state index in [0.717, 1.165) is 4.47 Å². The number of hydrogen-bond acceptors (Lipinski definition) is 4. The number of benzene rings is 3. The van der Waals surface area contributed by atoms with Crippen LogP contribution >= 0.6 is 43.5 Å². The van der Waals surface area contributed by atoms with Crippen LogP contribution in [0.5, 0.6) is 23.0 Å². The van der Waals surface area contributed by atoms with Gasteiger partial charge in [0.25, 0.3) is 0 Å². The van der Waals surface area contributed by atoms with E-state index in [1.54, 1.807) is 36.5 Å². The molecule has 0 fully saturated rings. The lowest BCUT2D eigenvalue weighted by Gasteiger charge is -2.10. The SMILES string of the molecule is COc1cc(Br)c(Br)c(C=Nc2ccc(Oc3ccc(Cl)cc3)cc2)c1O. The van der Waals surface area contributed by atoms with Crippen LogP contribution in [0.3, 0.4) is 0 Å². The van der Waals surface area contributed by atoms with E-state index in [9.17, 15) is 5.11 Å². The summed E-state index contributed by atoms with van der Waals surface area (Å²) >= 11 is 12.7. The molecule has 27 heavy (non-hydrogen) atoms. The molecule has 3 aromatic rings. The van der Waals surface area contributed by atoms with Gasteiger partial charge in [-0.25, -0.2) is 0 Å². The number of aliphatic imine (C=N–C) groups is 1. The van der Waals surface area contributed by atoms with Crippen molar-refractivity contribution in [2.75, 3.05) is 7.11 Å². The van der Waals surface area contributed by atoms with Gasteiger partial charge in [0.15, 0.2) is 11.5 Å². The molecule has 0 amide bonds. The van der Waals surface area contributed by atoms with Crippen molar-refractivity contribution in [1.29, 1.82) is 0 Å². The highest BCUT2D eigenvalue weighted by Crippen LogP contribution is 2.39. The number of methoxy groups -OCH3 is 1. The van der Waals surface area contributed by atoms with E-state index in [2.05, 4.69) is 36.9 Å². The molecule has 0 unspecified atom stereocenters. The van der Waals surface area contributed by atoms with Crippen LogP contribution < -0.4 is 9.47 Å². The van der Waals surface area contributed by atoms with E-state index in [0.29, 0.717) is 38.0 Å². The topological polar surface area (TPSA) is 51.0 Å². The van der Waals surface area contributed by atoms with Crippen LogP contribution in [0.15, 0.2) is 68.5 Å². The highest BCUT2D eigenvalue weighted by molar-refractivity contribution is 9.13. The van der Waals surface area contributed by atoms with Crippen molar-refractivity contribution in [1.82, 2.24) is 0 Å². The number of nitrogens with zero attached hydrogens (tertiary/aromatic N) is 1. The number of phenols is 1. The van der Waals surface area contributed by atoms with Crippen LogP contribution in [0.1, 0.15) is 5.56 Å². The Morgan fingerprint density at radius 2 is 1.59 bits per heavy atom. The molecule has 0 aliphatic carbocycles. The summed E-state index contributed by atoms with van der Waals surface area (Å²) in [7, 11) is 1.50. The average molecular weight is 512 g/mol. The zero-order valence-electron chi connectivity index (χ0n) is 14.1. The van der Waals surface area contributed by atoms with Gasteiger partial charge in [0.1, 0.15) is 11.5 Å². The van der Waals surface area contributed by atoms with Crippen molar-refractivity contribution in [2.24, 2.45) is 4.99 Å². The maximum atomic E-state index is 10.3. The summed E-state index contributed by atoms with van der Waals surface area (Å²) in [5.41, 5.74) is 1.23. The molecule has 0 radical (unpaired) electrons. The van der Waals surface area contributed by atoms with Crippen LogP contribution in [-0.4, -0.2) is 18.4 Å². The fraction of sp³-hybridized carbons (Fsp3) is 0.0500. The second-order valence-electron chi connectivity index (χ2n) is 5.44. The van der Waals surface area contributed by atoms with E-state index in [-0.39, 0.29) is 5.75 Å². The molecule has 0 heterocycles. The number of phenolic OH excluding ortho intramolecular Hbond substituents is 1. The molecule has 7 heteroatoms. The van der Waals surface area contributed by atoms with Gasteiger partial charge in [-0.3, -0.25) is 4.99 Å². The zero-order valence-corrected chi connectivity index (χ0v) is 18.0. The Kier molecular flexibility index (Phi) is 6.42.